The molecule has 0 bridgehead atoms. The fraction of sp³-hybridized carbons (Fsp3) is 0.143. The first-order chi connectivity index (χ1) is 13.9. The molecule has 3 rings (SSSR count). The van der Waals surface area contributed by atoms with E-state index in [4.69, 9.17) is 32.7 Å². The molecule has 3 aromatic rings. The first kappa shape index (κ1) is 21.6. The van der Waals surface area contributed by atoms with Crippen LogP contribution in [0, 0.1) is 5.82 Å². The zero-order chi connectivity index (χ0) is 21.0. The summed E-state index contributed by atoms with van der Waals surface area (Å²) in [4.78, 5) is 0. The highest BCUT2D eigenvalue weighted by Crippen LogP contribution is 2.37. The van der Waals surface area contributed by atoms with Gasteiger partial charge in [0.25, 0.3) is 0 Å². The summed E-state index contributed by atoms with van der Waals surface area (Å²) in [6.45, 7) is 0.513. The molecular weight excluding hydrogens is 484 g/mol. The van der Waals surface area contributed by atoms with Crippen LogP contribution in [0.25, 0.3) is 0 Å². The Morgan fingerprint density at radius 1 is 1.03 bits per heavy atom. The van der Waals surface area contributed by atoms with Gasteiger partial charge < -0.3 is 19.9 Å². The summed E-state index contributed by atoms with van der Waals surface area (Å²) in [5.41, 5.74) is 2.00. The molecule has 0 aliphatic heterocycles. The van der Waals surface area contributed by atoms with Crippen LogP contribution in [0.4, 0.5) is 10.1 Å². The van der Waals surface area contributed by atoms with Gasteiger partial charge in [0, 0.05) is 22.3 Å². The van der Waals surface area contributed by atoms with Gasteiger partial charge in [-0.2, -0.15) is 0 Å². The third kappa shape index (κ3) is 5.26. The van der Waals surface area contributed by atoms with Gasteiger partial charge >= 0.3 is 0 Å². The van der Waals surface area contributed by atoms with E-state index in [9.17, 15) is 9.50 Å². The average Bonchev–Trinajstić information content (AvgIpc) is 2.70. The SMILES string of the molecule is COc1cc(CNc2cc(Cl)c(O)c(Cl)c2)c(Br)cc1OCc1ccccc1F. The predicted octanol–water partition coefficient (Wildman–Crippen LogP) is 6.80. The predicted molar refractivity (Wildman–Crippen MR) is 117 cm³/mol. The van der Waals surface area contributed by atoms with Gasteiger partial charge in [-0.25, -0.2) is 4.39 Å². The lowest BCUT2D eigenvalue weighted by Gasteiger charge is -2.15. The highest BCUT2D eigenvalue weighted by Gasteiger charge is 2.13. The van der Waals surface area contributed by atoms with Crippen molar-refractivity contribution in [2.24, 2.45) is 0 Å². The van der Waals surface area contributed by atoms with Crippen LogP contribution in [0.3, 0.4) is 0 Å². The van der Waals surface area contributed by atoms with Crippen LogP contribution >= 0.6 is 39.1 Å². The second kappa shape index (κ2) is 9.57. The van der Waals surface area contributed by atoms with E-state index in [-0.39, 0.29) is 28.2 Å². The van der Waals surface area contributed by atoms with Crippen molar-refractivity contribution < 1.29 is 19.0 Å². The molecule has 0 aliphatic carbocycles. The molecule has 8 heteroatoms. The highest BCUT2D eigenvalue weighted by molar-refractivity contribution is 9.10. The molecule has 0 amide bonds. The van der Waals surface area contributed by atoms with Crippen LogP contribution in [0.1, 0.15) is 11.1 Å². The van der Waals surface area contributed by atoms with Crippen LogP contribution in [0.2, 0.25) is 10.0 Å². The summed E-state index contributed by atoms with van der Waals surface area (Å²) >= 11 is 15.4. The molecule has 0 atom stereocenters. The van der Waals surface area contributed by atoms with Crippen molar-refractivity contribution in [3.8, 4) is 17.2 Å². The van der Waals surface area contributed by atoms with E-state index < -0.39 is 0 Å². The van der Waals surface area contributed by atoms with E-state index in [1.54, 1.807) is 36.4 Å². The molecule has 0 fully saturated rings. The number of phenols is 1. The second-order valence-corrected chi connectivity index (χ2v) is 7.79. The second-order valence-electron chi connectivity index (χ2n) is 6.12. The maximum atomic E-state index is 13.8. The zero-order valence-electron chi connectivity index (χ0n) is 15.3. The van der Waals surface area contributed by atoms with Crippen LogP contribution in [-0.2, 0) is 13.2 Å². The van der Waals surface area contributed by atoms with Gasteiger partial charge in [0.2, 0.25) is 0 Å². The third-order valence-electron chi connectivity index (χ3n) is 4.17. The van der Waals surface area contributed by atoms with Crippen molar-refractivity contribution >= 4 is 44.8 Å². The van der Waals surface area contributed by atoms with Gasteiger partial charge in [-0.1, -0.05) is 57.3 Å². The van der Waals surface area contributed by atoms with E-state index >= 15 is 0 Å². The summed E-state index contributed by atoms with van der Waals surface area (Å²) in [6, 6.07) is 13.2. The number of hydrogen-bond acceptors (Lipinski definition) is 4. The molecule has 0 aliphatic rings. The largest absolute Gasteiger partial charge is 0.505 e. The molecule has 0 radical (unpaired) electrons. The molecule has 0 saturated carbocycles. The lowest BCUT2D eigenvalue weighted by molar-refractivity contribution is 0.279. The van der Waals surface area contributed by atoms with E-state index in [2.05, 4.69) is 21.2 Å². The smallest absolute Gasteiger partial charge is 0.162 e. The number of methoxy groups -OCH3 is 1. The Balaban J connectivity index is 1.75. The standard InChI is InChI=1S/C21H17BrCl2FNO3/c1-28-19-6-13(10-26-14-7-16(23)21(27)17(24)8-14)15(22)9-20(19)29-11-12-4-2-3-5-18(12)25/h2-9,26-27H,10-11H2,1H3. The Kier molecular flexibility index (Phi) is 7.11. The maximum absolute atomic E-state index is 13.8. The maximum Gasteiger partial charge on any atom is 0.162 e. The lowest BCUT2D eigenvalue weighted by Crippen LogP contribution is -2.03. The zero-order valence-corrected chi connectivity index (χ0v) is 18.4. The van der Waals surface area contributed by atoms with Crippen molar-refractivity contribution in [3.05, 3.63) is 80.0 Å². The Bertz CT molecular complexity index is 1010. The Morgan fingerprint density at radius 2 is 1.72 bits per heavy atom. The monoisotopic (exact) mass is 499 g/mol. The molecule has 4 nitrogen and oxygen atoms in total. The molecule has 0 unspecified atom stereocenters. The molecule has 0 aromatic heterocycles. The lowest BCUT2D eigenvalue weighted by atomic mass is 10.2. The molecule has 2 N–H and O–H groups in total. The number of ether oxygens (including phenoxy) is 2. The van der Waals surface area contributed by atoms with Crippen molar-refractivity contribution in [2.45, 2.75) is 13.2 Å². The van der Waals surface area contributed by atoms with E-state index in [1.165, 1.54) is 13.2 Å². The Morgan fingerprint density at radius 3 is 2.38 bits per heavy atom. The summed E-state index contributed by atoms with van der Waals surface area (Å²) in [6.07, 6.45) is 0. The first-order valence-corrected chi connectivity index (χ1v) is 10.1. The molecule has 29 heavy (non-hydrogen) atoms. The van der Waals surface area contributed by atoms with Gasteiger partial charge in [0.15, 0.2) is 17.2 Å². The highest BCUT2D eigenvalue weighted by atomic mass is 79.9. The number of rotatable bonds is 7. The van der Waals surface area contributed by atoms with Crippen molar-refractivity contribution in [3.63, 3.8) is 0 Å². The number of aromatic hydroxyl groups is 1. The van der Waals surface area contributed by atoms with E-state index in [0.29, 0.717) is 29.3 Å². The molecular formula is C21H17BrCl2FNO3. The minimum absolute atomic E-state index is 0.0809. The summed E-state index contributed by atoms with van der Waals surface area (Å²) in [5.74, 6) is 0.529. The van der Waals surface area contributed by atoms with Gasteiger partial charge in [-0.15, -0.1) is 0 Å². The van der Waals surface area contributed by atoms with Crippen molar-refractivity contribution in [1.29, 1.82) is 0 Å². The minimum atomic E-state index is -0.322. The Labute approximate surface area is 186 Å². The van der Waals surface area contributed by atoms with Crippen LogP contribution < -0.4 is 14.8 Å². The quantitative estimate of drug-likeness (QED) is 0.350. The average molecular weight is 501 g/mol. The minimum Gasteiger partial charge on any atom is -0.505 e. The number of benzene rings is 3. The van der Waals surface area contributed by atoms with Gasteiger partial charge in [-0.05, 0) is 35.9 Å². The number of phenolic OH excluding ortho intramolecular Hbond substituents is 1. The molecule has 0 heterocycles. The molecule has 0 saturated heterocycles. The summed E-state index contributed by atoms with van der Waals surface area (Å²) in [5, 5.41) is 13.2. The number of hydrogen-bond donors (Lipinski definition) is 2. The van der Waals surface area contributed by atoms with Crippen LogP contribution in [-0.4, -0.2) is 12.2 Å². The Hall–Kier alpha value is -2.15. The fourth-order valence-corrected chi connectivity index (χ4v) is 3.57. The van der Waals surface area contributed by atoms with E-state index in [0.717, 1.165) is 10.0 Å². The van der Waals surface area contributed by atoms with Gasteiger partial charge in [0.1, 0.15) is 12.4 Å². The van der Waals surface area contributed by atoms with Crippen LogP contribution in [0.15, 0.2) is 53.0 Å². The van der Waals surface area contributed by atoms with Crippen molar-refractivity contribution in [2.75, 3.05) is 12.4 Å². The fourth-order valence-electron chi connectivity index (χ4n) is 2.62. The van der Waals surface area contributed by atoms with Gasteiger partial charge in [0.05, 0.1) is 17.2 Å². The number of anilines is 1. The summed E-state index contributed by atoms with van der Waals surface area (Å²) in [7, 11) is 1.54. The molecule has 3 aromatic carbocycles. The molecule has 0 spiro atoms. The summed E-state index contributed by atoms with van der Waals surface area (Å²) < 4.78 is 25.8. The third-order valence-corrected chi connectivity index (χ3v) is 5.49. The first-order valence-electron chi connectivity index (χ1n) is 8.53. The van der Waals surface area contributed by atoms with E-state index in [1.807, 2.05) is 6.07 Å². The van der Waals surface area contributed by atoms with Crippen LogP contribution in [0.5, 0.6) is 17.2 Å². The number of halogens is 4. The topological polar surface area (TPSA) is 50.7 Å². The van der Waals surface area contributed by atoms with Crippen molar-refractivity contribution in [1.82, 2.24) is 0 Å². The van der Waals surface area contributed by atoms with Gasteiger partial charge in [-0.3, -0.25) is 0 Å². The molecule has 152 valence electrons. The number of nitrogens with one attached hydrogen (secondary N) is 1. The normalized spacial score (nSPS) is 10.7.